The van der Waals surface area contributed by atoms with Gasteiger partial charge in [0.15, 0.2) is 6.10 Å². The van der Waals surface area contributed by atoms with Gasteiger partial charge in [0.2, 0.25) is 0 Å². The molecule has 0 heterocycles. The highest BCUT2D eigenvalue weighted by Crippen LogP contribution is 2.11. The van der Waals surface area contributed by atoms with Gasteiger partial charge < -0.3 is 4.74 Å². The standard InChI is InChI=1S/C19H20N2O4/c1-12-9-10-16(11-13(12)2)19(24)25-14(3)17(22)20-21-18(23)15-7-5-4-6-8-15/h4-11,14H,1-3H3,(H,20,22)(H,21,23)/t14-/m1/s1. The van der Waals surface area contributed by atoms with Crippen LogP contribution in [0.5, 0.6) is 0 Å². The zero-order chi connectivity index (χ0) is 18.4. The van der Waals surface area contributed by atoms with Gasteiger partial charge in [0, 0.05) is 5.56 Å². The van der Waals surface area contributed by atoms with Crippen molar-refractivity contribution >= 4 is 17.8 Å². The van der Waals surface area contributed by atoms with E-state index in [1.807, 2.05) is 19.9 Å². The Morgan fingerprint density at radius 3 is 2.20 bits per heavy atom. The summed E-state index contributed by atoms with van der Waals surface area (Å²) in [7, 11) is 0. The molecule has 0 bridgehead atoms. The summed E-state index contributed by atoms with van der Waals surface area (Å²) in [6.07, 6.45) is -1.05. The van der Waals surface area contributed by atoms with E-state index < -0.39 is 23.9 Å². The van der Waals surface area contributed by atoms with Crippen molar-refractivity contribution in [1.82, 2.24) is 10.9 Å². The first kappa shape index (κ1) is 18.2. The normalized spacial score (nSPS) is 11.3. The number of amides is 2. The number of carbonyl (C=O) groups excluding carboxylic acids is 3. The molecule has 130 valence electrons. The Morgan fingerprint density at radius 1 is 0.880 bits per heavy atom. The summed E-state index contributed by atoms with van der Waals surface area (Å²) in [5.74, 6) is -1.68. The van der Waals surface area contributed by atoms with Crippen molar-refractivity contribution in [2.75, 3.05) is 0 Å². The van der Waals surface area contributed by atoms with Crippen LogP contribution in [0, 0.1) is 13.8 Å². The molecular formula is C19H20N2O4. The Balaban J connectivity index is 1.88. The molecule has 2 aromatic carbocycles. The summed E-state index contributed by atoms with van der Waals surface area (Å²) in [4.78, 5) is 35.9. The minimum Gasteiger partial charge on any atom is -0.449 e. The van der Waals surface area contributed by atoms with E-state index in [0.717, 1.165) is 11.1 Å². The highest BCUT2D eigenvalue weighted by Gasteiger charge is 2.19. The Hall–Kier alpha value is -3.15. The van der Waals surface area contributed by atoms with Crippen molar-refractivity contribution in [3.8, 4) is 0 Å². The molecule has 6 heteroatoms. The summed E-state index contributed by atoms with van der Waals surface area (Å²) < 4.78 is 5.13. The van der Waals surface area contributed by atoms with Crippen molar-refractivity contribution in [1.29, 1.82) is 0 Å². The monoisotopic (exact) mass is 340 g/mol. The lowest BCUT2D eigenvalue weighted by Gasteiger charge is -2.14. The van der Waals surface area contributed by atoms with Crippen LogP contribution in [0.2, 0.25) is 0 Å². The van der Waals surface area contributed by atoms with Crippen LogP contribution < -0.4 is 10.9 Å². The van der Waals surface area contributed by atoms with Gasteiger partial charge in [0.25, 0.3) is 11.8 Å². The van der Waals surface area contributed by atoms with Crippen LogP contribution >= 0.6 is 0 Å². The number of ether oxygens (including phenoxy) is 1. The minimum absolute atomic E-state index is 0.371. The number of esters is 1. The SMILES string of the molecule is Cc1ccc(C(=O)O[C@H](C)C(=O)NNC(=O)c2ccccc2)cc1C. The number of hydrogen-bond donors (Lipinski definition) is 2. The molecule has 25 heavy (non-hydrogen) atoms. The zero-order valence-electron chi connectivity index (χ0n) is 14.3. The number of carbonyl (C=O) groups is 3. The van der Waals surface area contributed by atoms with Crippen molar-refractivity contribution < 1.29 is 19.1 Å². The molecule has 0 aliphatic carbocycles. The number of hydrogen-bond acceptors (Lipinski definition) is 4. The first-order chi connectivity index (χ1) is 11.9. The smallest absolute Gasteiger partial charge is 0.338 e. The largest absolute Gasteiger partial charge is 0.449 e. The van der Waals surface area contributed by atoms with Crippen molar-refractivity contribution in [3.05, 3.63) is 70.8 Å². The Kier molecular flexibility index (Phi) is 5.89. The van der Waals surface area contributed by atoms with E-state index in [2.05, 4.69) is 10.9 Å². The van der Waals surface area contributed by atoms with E-state index >= 15 is 0 Å². The summed E-state index contributed by atoms with van der Waals surface area (Å²) >= 11 is 0. The fraction of sp³-hybridized carbons (Fsp3) is 0.211. The van der Waals surface area contributed by atoms with E-state index in [4.69, 9.17) is 4.74 Å². The van der Waals surface area contributed by atoms with Crippen LogP contribution in [0.1, 0.15) is 38.8 Å². The molecule has 2 aromatic rings. The predicted octanol–water partition coefficient (Wildman–Crippen LogP) is 2.31. The number of rotatable bonds is 4. The van der Waals surface area contributed by atoms with E-state index in [9.17, 15) is 14.4 Å². The number of aryl methyl sites for hydroxylation is 2. The maximum atomic E-state index is 12.1. The molecule has 2 rings (SSSR count). The second-order valence-corrected chi connectivity index (χ2v) is 5.66. The topological polar surface area (TPSA) is 84.5 Å². The molecule has 0 spiro atoms. The molecule has 6 nitrogen and oxygen atoms in total. The van der Waals surface area contributed by atoms with E-state index in [1.165, 1.54) is 6.92 Å². The minimum atomic E-state index is -1.05. The van der Waals surface area contributed by atoms with E-state index in [1.54, 1.807) is 42.5 Å². The molecule has 0 fully saturated rings. The maximum Gasteiger partial charge on any atom is 0.338 e. The van der Waals surface area contributed by atoms with Gasteiger partial charge in [-0.2, -0.15) is 0 Å². The van der Waals surface area contributed by atoms with Crippen molar-refractivity contribution in [3.63, 3.8) is 0 Å². The third kappa shape index (κ3) is 4.91. The summed E-state index contributed by atoms with van der Waals surface area (Å²) in [5, 5.41) is 0. The lowest BCUT2D eigenvalue weighted by atomic mass is 10.1. The first-order valence-electron chi connectivity index (χ1n) is 7.82. The van der Waals surface area contributed by atoms with Gasteiger partial charge in [-0.25, -0.2) is 4.79 Å². The molecule has 0 aliphatic rings. The lowest BCUT2D eigenvalue weighted by molar-refractivity contribution is -0.129. The molecular weight excluding hydrogens is 320 g/mol. The van der Waals surface area contributed by atoms with Crippen LogP contribution in [0.4, 0.5) is 0 Å². The van der Waals surface area contributed by atoms with Gasteiger partial charge in [-0.05, 0) is 56.2 Å². The first-order valence-corrected chi connectivity index (χ1v) is 7.82. The van der Waals surface area contributed by atoms with Gasteiger partial charge >= 0.3 is 5.97 Å². The van der Waals surface area contributed by atoms with Gasteiger partial charge in [0.1, 0.15) is 0 Å². The predicted molar refractivity (Wildman–Crippen MR) is 92.8 cm³/mol. The van der Waals surface area contributed by atoms with Crippen LogP contribution in [-0.2, 0) is 9.53 Å². The van der Waals surface area contributed by atoms with Crippen molar-refractivity contribution in [2.45, 2.75) is 26.9 Å². The fourth-order valence-electron chi connectivity index (χ4n) is 2.03. The molecule has 0 aliphatic heterocycles. The third-order valence-corrected chi connectivity index (χ3v) is 3.73. The lowest BCUT2D eigenvalue weighted by Crippen LogP contribution is -2.46. The molecule has 2 N–H and O–H groups in total. The molecule has 0 unspecified atom stereocenters. The summed E-state index contributed by atoms with van der Waals surface area (Å²) in [6.45, 7) is 5.26. The van der Waals surface area contributed by atoms with Gasteiger partial charge in [0.05, 0.1) is 5.56 Å². The highest BCUT2D eigenvalue weighted by molar-refractivity contribution is 5.96. The zero-order valence-corrected chi connectivity index (χ0v) is 14.3. The second-order valence-electron chi connectivity index (χ2n) is 5.66. The fourth-order valence-corrected chi connectivity index (χ4v) is 2.03. The molecule has 0 radical (unpaired) electrons. The van der Waals surface area contributed by atoms with Crippen LogP contribution in [-0.4, -0.2) is 23.9 Å². The molecule has 0 saturated heterocycles. The number of hydrazine groups is 1. The quantitative estimate of drug-likeness (QED) is 0.661. The van der Waals surface area contributed by atoms with Crippen LogP contribution in [0.25, 0.3) is 0 Å². The van der Waals surface area contributed by atoms with Gasteiger partial charge in [-0.1, -0.05) is 24.3 Å². The average Bonchev–Trinajstić information content (AvgIpc) is 2.62. The maximum absolute atomic E-state index is 12.1. The highest BCUT2D eigenvalue weighted by atomic mass is 16.5. The number of benzene rings is 2. The molecule has 2 amide bonds. The van der Waals surface area contributed by atoms with Gasteiger partial charge in [-0.15, -0.1) is 0 Å². The Labute approximate surface area is 146 Å². The third-order valence-electron chi connectivity index (χ3n) is 3.73. The summed E-state index contributed by atoms with van der Waals surface area (Å²) in [5.41, 5.74) is 7.32. The molecule has 0 saturated carbocycles. The van der Waals surface area contributed by atoms with Crippen LogP contribution in [0.15, 0.2) is 48.5 Å². The van der Waals surface area contributed by atoms with Gasteiger partial charge in [-0.3, -0.25) is 20.4 Å². The van der Waals surface area contributed by atoms with E-state index in [-0.39, 0.29) is 0 Å². The second kappa shape index (κ2) is 8.10. The Bertz CT molecular complexity index is 787. The van der Waals surface area contributed by atoms with E-state index in [0.29, 0.717) is 11.1 Å². The average molecular weight is 340 g/mol. The number of nitrogens with one attached hydrogen (secondary N) is 2. The molecule has 0 aromatic heterocycles. The summed E-state index contributed by atoms with van der Waals surface area (Å²) in [6, 6.07) is 13.6. The van der Waals surface area contributed by atoms with Crippen LogP contribution in [0.3, 0.4) is 0 Å². The van der Waals surface area contributed by atoms with Crippen molar-refractivity contribution in [2.24, 2.45) is 0 Å². The Morgan fingerprint density at radius 2 is 1.56 bits per heavy atom. The molecule has 1 atom stereocenters.